The molecule has 0 bridgehead atoms. The first-order valence-corrected chi connectivity index (χ1v) is 12.0. The molecule has 0 aromatic heterocycles. The largest absolute Gasteiger partial charge is 0.488 e. The van der Waals surface area contributed by atoms with Crippen LogP contribution in [0.1, 0.15) is 11.1 Å². The van der Waals surface area contributed by atoms with Gasteiger partial charge >= 0.3 is 0 Å². The molecular weight excluding hydrogens is 591 g/mol. The van der Waals surface area contributed by atoms with Crippen LogP contribution in [0.4, 0.5) is 5.69 Å². The van der Waals surface area contributed by atoms with Crippen molar-refractivity contribution in [3.8, 4) is 11.8 Å². The third-order valence-corrected chi connectivity index (χ3v) is 6.46. The lowest BCUT2D eigenvalue weighted by molar-refractivity contribution is -0.112. The Bertz CT molecular complexity index is 1400. The van der Waals surface area contributed by atoms with Gasteiger partial charge in [0.2, 0.25) is 0 Å². The van der Waals surface area contributed by atoms with Crippen LogP contribution in [0, 0.1) is 14.9 Å². The van der Waals surface area contributed by atoms with Crippen LogP contribution < -0.4 is 10.1 Å². The Balaban J connectivity index is 1.60. The van der Waals surface area contributed by atoms with Gasteiger partial charge in [-0.2, -0.15) is 5.26 Å². The van der Waals surface area contributed by atoms with Gasteiger partial charge in [0.15, 0.2) is 0 Å². The lowest BCUT2D eigenvalue weighted by atomic mass is 10.1. The van der Waals surface area contributed by atoms with Gasteiger partial charge in [0.25, 0.3) is 5.91 Å². The summed E-state index contributed by atoms with van der Waals surface area (Å²) in [7, 11) is 0. The molecular formula is C27H18BrIN2O2. The van der Waals surface area contributed by atoms with Crippen molar-refractivity contribution in [2.45, 2.75) is 6.61 Å². The number of fused-ring (bicyclic) bond motifs is 1. The summed E-state index contributed by atoms with van der Waals surface area (Å²) in [6.45, 7) is 0.361. The standard InChI is InChI=1S/C27H18BrIN2O2/c28-22-12-13-26(33-17-19-8-5-7-18-6-1-2-9-23(18)19)20(15-22)14-21(16-30)27(32)31-25-11-4-3-10-24(25)29/h1-15H,17H2,(H,31,32)/b21-14-. The molecule has 0 atom stereocenters. The summed E-state index contributed by atoms with van der Waals surface area (Å²) in [6, 6.07) is 29.2. The van der Waals surface area contributed by atoms with Crippen LogP contribution in [0.2, 0.25) is 0 Å². The number of amides is 1. The molecule has 0 heterocycles. The number of hydrogen-bond acceptors (Lipinski definition) is 3. The van der Waals surface area contributed by atoms with Gasteiger partial charge in [-0.3, -0.25) is 4.79 Å². The average Bonchev–Trinajstić information content (AvgIpc) is 2.83. The first-order chi connectivity index (χ1) is 16.0. The summed E-state index contributed by atoms with van der Waals surface area (Å²) in [5, 5.41) is 14.7. The van der Waals surface area contributed by atoms with Crippen molar-refractivity contribution in [2.24, 2.45) is 0 Å². The number of carbonyl (C=O) groups excluding carboxylic acids is 1. The summed E-state index contributed by atoms with van der Waals surface area (Å²) in [5.74, 6) is 0.113. The molecule has 6 heteroatoms. The van der Waals surface area contributed by atoms with Gasteiger partial charge in [-0.15, -0.1) is 0 Å². The number of benzene rings is 4. The fraction of sp³-hybridized carbons (Fsp3) is 0.0370. The van der Waals surface area contributed by atoms with E-state index in [1.54, 1.807) is 12.1 Å². The normalized spacial score (nSPS) is 11.1. The van der Waals surface area contributed by atoms with Crippen LogP contribution in [0.25, 0.3) is 16.8 Å². The summed E-state index contributed by atoms with van der Waals surface area (Å²) in [5.41, 5.74) is 2.34. The summed E-state index contributed by atoms with van der Waals surface area (Å²) in [6.07, 6.45) is 1.55. The Morgan fingerprint density at radius 2 is 1.79 bits per heavy atom. The van der Waals surface area contributed by atoms with E-state index in [-0.39, 0.29) is 5.57 Å². The van der Waals surface area contributed by atoms with E-state index in [1.165, 1.54) is 0 Å². The molecule has 0 aliphatic heterocycles. The van der Waals surface area contributed by atoms with E-state index >= 15 is 0 Å². The number of ether oxygens (including phenoxy) is 1. The quantitative estimate of drug-likeness (QED) is 0.142. The Morgan fingerprint density at radius 3 is 2.61 bits per heavy atom. The Hall–Kier alpha value is -3.15. The lowest BCUT2D eigenvalue weighted by Gasteiger charge is -2.12. The molecule has 1 amide bonds. The van der Waals surface area contributed by atoms with E-state index in [2.05, 4.69) is 62.0 Å². The lowest BCUT2D eigenvalue weighted by Crippen LogP contribution is -2.14. The number of hydrogen-bond donors (Lipinski definition) is 1. The number of carbonyl (C=O) groups is 1. The van der Waals surface area contributed by atoms with Crippen molar-refractivity contribution < 1.29 is 9.53 Å². The van der Waals surface area contributed by atoms with E-state index in [0.29, 0.717) is 23.6 Å². The van der Waals surface area contributed by atoms with Crippen molar-refractivity contribution in [2.75, 3.05) is 5.32 Å². The van der Waals surface area contributed by atoms with Crippen molar-refractivity contribution in [1.82, 2.24) is 0 Å². The molecule has 0 aliphatic carbocycles. The van der Waals surface area contributed by atoms with Crippen LogP contribution in [0.15, 0.2) is 95.0 Å². The second-order valence-electron chi connectivity index (χ2n) is 7.21. The van der Waals surface area contributed by atoms with Gasteiger partial charge in [0, 0.05) is 13.6 Å². The highest BCUT2D eigenvalue weighted by molar-refractivity contribution is 14.1. The number of nitrogens with one attached hydrogen (secondary N) is 1. The van der Waals surface area contributed by atoms with Crippen LogP contribution >= 0.6 is 38.5 Å². The number of halogens is 2. The maximum Gasteiger partial charge on any atom is 0.266 e. The van der Waals surface area contributed by atoms with E-state index in [4.69, 9.17) is 4.74 Å². The van der Waals surface area contributed by atoms with Gasteiger partial charge in [-0.1, -0.05) is 70.5 Å². The SMILES string of the molecule is N#C/C(=C/c1cc(Br)ccc1OCc1cccc2ccccc12)C(=O)Nc1ccccc1I. The Labute approximate surface area is 214 Å². The predicted molar refractivity (Wildman–Crippen MR) is 144 cm³/mol. The molecule has 162 valence electrons. The molecule has 0 saturated heterocycles. The molecule has 4 rings (SSSR count). The monoisotopic (exact) mass is 608 g/mol. The number of para-hydroxylation sites is 1. The number of nitrogens with zero attached hydrogens (tertiary/aromatic N) is 1. The molecule has 0 radical (unpaired) electrons. The molecule has 0 unspecified atom stereocenters. The number of anilines is 1. The maximum absolute atomic E-state index is 12.8. The zero-order chi connectivity index (χ0) is 23.2. The Kier molecular flexibility index (Phi) is 7.43. The van der Waals surface area contributed by atoms with Crippen molar-refractivity contribution in [3.63, 3.8) is 0 Å². The minimum absolute atomic E-state index is 0.0113. The van der Waals surface area contributed by atoms with Gasteiger partial charge in [0.05, 0.1) is 5.69 Å². The van der Waals surface area contributed by atoms with E-state index in [9.17, 15) is 10.1 Å². The van der Waals surface area contributed by atoms with Gasteiger partial charge in [-0.05, 0) is 75.3 Å². The fourth-order valence-electron chi connectivity index (χ4n) is 3.39. The van der Waals surface area contributed by atoms with Crippen LogP contribution in [0.3, 0.4) is 0 Å². The van der Waals surface area contributed by atoms with E-state index in [0.717, 1.165) is 24.4 Å². The first kappa shape index (κ1) is 23.0. The minimum atomic E-state index is -0.471. The zero-order valence-electron chi connectivity index (χ0n) is 17.4. The van der Waals surface area contributed by atoms with Crippen LogP contribution in [0.5, 0.6) is 5.75 Å². The number of nitriles is 1. The number of rotatable bonds is 6. The zero-order valence-corrected chi connectivity index (χ0v) is 21.1. The molecule has 4 nitrogen and oxygen atoms in total. The molecule has 0 fully saturated rings. The molecule has 33 heavy (non-hydrogen) atoms. The smallest absolute Gasteiger partial charge is 0.266 e. The van der Waals surface area contributed by atoms with Gasteiger partial charge < -0.3 is 10.1 Å². The second-order valence-corrected chi connectivity index (χ2v) is 9.29. The topological polar surface area (TPSA) is 62.1 Å². The molecule has 1 N–H and O–H groups in total. The third-order valence-electron chi connectivity index (χ3n) is 5.02. The third kappa shape index (κ3) is 5.62. The maximum atomic E-state index is 12.8. The highest BCUT2D eigenvalue weighted by Gasteiger charge is 2.13. The van der Waals surface area contributed by atoms with Gasteiger partial charge in [-0.25, -0.2) is 0 Å². The average molecular weight is 609 g/mol. The van der Waals surface area contributed by atoms with E-state index < -0.39 is 5.91 Å². The molecule has 0 spiro atoms. The molecule has 0 saturated carbocycles. The summed E-state index contributed by atoms with van der Waals surface area (Å²) in [4.78, 5) is 12.8. The highest BCUT2D eigenvalue weighted by Crippen LogP contribution is 2.28. The summed E-state index contributed by atoms with van der Waals surface area (Å²) < 4.78 is 7.85. The van der Waals surface area contributed by atoms with Crippen LogP contribution in [-0.2, 0) is 11.4 Å². The minimum Gasteiger partial charge on any atom is -0.488 e. The highest BCUT2D eigenvalue weighted by atomic mass is 127. The first-order valence-electron chi connectivity index (χ1n) is 10.1. The fourth-order valence-corrected chi connectivity index (χ4v) is 4.29. The van der Waals surface area contributed by atoms with Gasteiger partial charge in [0.1, 0.15) is 24.0 Å². The Morgan fingerprint density at radius 1 is 1.03 bits per heavy atom. The second kappa shape index (κ2) is 10.6. The van der Waals surface area contributed by atoms with Crippen LogP contribution in [-0.4, -0.2) is 5.91 Å². The van der Waals surface area contributed by atoms with E-state index in [1.807, 2.05) is 66.7 Å². The van der Waals surface area contributed by atoms with Crippen molar-refractivity contribution in [1.29, 1.82) is 5.26 Å². The molecule has 4 aromatic rings. The molecule has 4 aromatic carbocycles. The summed E-state index contributed by atoms with van der Waals surface area (Å²) >= 11 is 5.61. The van der Waals surface area contributed by atoms with Crippen molar-refractivity contribution in [3.05, 3.63) is 110 Å². The molecule has 0 aliphatic rings. The van der Waals surface area contributed by atoms with Crippen molar-refractivity contribution >= 4 is 67.0 Å². The predicted octanol–water partition coefficient (Wildman–Crippen LogP) is 7.33.